The number of sulfonamides is 1. The molecule has 4 aliphatic rings. The van der Waals surface area contributed by atoms with E-state index in [1.165, 1.54) is 17.7 Å². The van der Waals surface area contributed by atoms with Crippen molar-refractivity contribution >= 4 is 21.8 Å². The fraction of sp³-hybridized carbons (Fsp3) is 0.643. The number of carbonyl (C=O) groups is 2. The average molecular weight is 500 g/mol. The van der Waals surface area contributed by atoms with Crippen molar-refractivity contribution in [2.75, 3.05) is 0 Å². The van der Waals surface area contributed by atoms with Crippen LogP contribution in [0.2, 0.25) is 0 Å². The van der Waals surface area contributed by atoms with Crippen LogP contribution in [0.15, 0.2) is 40.8 Å². The summed E-state index contributed by atoms with van der Waals surface area (Å²) in [7, 11) is -3.72. The van der Waals surface area contributed by atoms with Crippen molar-refractivity contribution in [3.8, 4) is 0 Å². The molecule has 6 atom stereocenters. The number of nitrogens with two attached hydrogens (primary N) is 1. The highest BCUT2D eigenvalue weighted by molar-refractivity contribution is 7.89. The summed E-state index contributed by atoms with van der Waals surface area (Å²) in [5, 5.41) is 5.15. The number of benzene rings is 1. The minimum absolute atomic E-state index is 0.0238. The van der Waals surface area contributed by atoms with Gasteiger partial charge in [-0.25, -0.2) is 13.6 Å². The van der Waals surface area contributed by atoms with E-state index in [9.17, 15) is 18.0 Å². The normalized spacial score (nSPS) is 36.5. The summed E-state index contributed by atoms with van der Waals surface area (Å²) in [5.41, 5.74) is 2.45. The van der Waals surface area contributed by atoms with Gasteiger partial charge in [0.05, 0.1) is 4.90 Å². The Morgan fingerprint density at radius 2 is 1.77 bits per heavy atom. The molecule has 0 aromatic heterocycles. The Morgan fingerprint density at radius 3 is 2.49 bits per heavy atom. The maximum absolute atomic E-state index is 12.8. The summed E-state index contributed by atoms with van der Waals surface area (Å²) in [6, 6.07) is 6.36. The first-order valence-corrected chi connectivity index (χ1v) is 14.6. The van der Waals surface area contributed by atoms with E-state index in [1.54, 1.807) is 12.1 Å². The molecule has 0 bridgehead atoms. The van der Waals surface area contributed by atoms with Crippen molar-refractivity contribution in [3.05, 3.63) is 41.5 Å². The number of hydrogen-bond donors (Lipinski definition) is 1. The number of primary sulfonamides is 1. The van der Waals surface area contributed by atoms with Gasteiger partial charge in [-0.3, -0.25) is 9.59 Å². The topological polar surface area (TPSA) is 104 Å². The number of rotatable bonds is 5. The van der Waals surface area contributed by atoms with Gasteiger partial charge in [0.2, 0.25) is 10.0 Å². The summed E-state index contributed by atoms with van der Waals surface area (Å²) in [6.07, 6.45) is 10.8. The third kappa shape index (κ3) is 4.39. The lowest BCUT2D eigenvalue weighted by atomic mass is 9.47. The van der Waals surface area contributed by atoms with Crippen LogP contribution >= 0.6 is 0 Å². The molecule has 7 heteroatoms. The van der Waals surface area contributed by atoms with Gasteiger partial charge in [0.25, 0.3) is 0 Å². The van der Waals surface area contributed by atoms with Crippen LogP contribution in [-0.4, -0.2) is 26.3 Å². The minimum atomic E-state index is -3.72. The van der Waals surface area contributed by atoms with Gasteiger partial charge in [-0.2, -0.15) is 0 Å². The number of ether oxygens (including phenoxy) is 1. The first-order valence-electron chi connectivity index (χ1n) is 13.1. The Balaban J connectivity index is 1.22. The quantitative estimate of drug-likeness (QED) is 0.591. The average Bonchev–Trinajstić information content (AvgIpc) is 3.14. The molecule has 1 aromatic carbocycles. The van der Waals surface area contributed by atoms with Crippen LogP contribution in [0.1, 0.15) is 77.2 Å². The van der Waals surface area contributed by atoms with Crippen LogP contribution in [0.4, 0.5) is 0 Å². The van der Waals surface area contributed by atoms with Crippen molar-refractivity contribution in [3.63, 3.8) is 0 Å². The van der Waals surface area contributed by atoms with Gasteiger partial charge < -0.3 is 4.74 Å². The number of fused-ring (bicyclic) bond motifs is 5. The second-order valence-corrected chi connectivity index (χ2v) is 13.3. The van der Waals surface area contributed by atoms with E-state index in [2.05, 4.69) is 13.8 Å². The molecular weight excluding hydrogens is 462 g/mol. The van der Waals surface area contributed by atoms with Gasteiger partial charge >= 0.3 is 5.97 Å². The SMILES string of the molecule is C[C@]12CCC(=O)C=C1CC[C@@H]1[C@H]2CC[C@]2(C)C(OC(=O)CCc3ccc(S(N)(=O)=O)cc3)CC[C@@H]12. The van der Waals surface area contributed by atoms with Crippen molar-refractivity contribution in [2.24, 2.45) is 33.7 Å². The molecule has 190 valence electrons. The van der Waals surface area contributed by atoms with Gasteiger partial charge in [-0.15, -0.1) is 0 Å². The summed E-state index contributed by atoms with van der Waals surface area (Å²) < 4.78 is 28.9. The zero-order valence-corrected chi connectivity index (χ0v) is 21.6. The number of carbonyl (C=O) groups excluding carboxylic acids is 2. The molecule has 0 heterocycles. The fourth-order valence-corrected chi connectivity index (χ4v) is 8.53. The highest BCUT2D eigenvalue weighted by Crippen LogP contribution is 2.65. The molecule has 4 aliphatic carbocycles. The molecule has 5 rings (SSSR count). The molecule has 0 radical (unpaired) electrons. The first kappa shape index (κ1) is 24.7. The van der Waals surface area contributed by atoms with Gasteiger partial charge in [0.1, 0.15) is 6.10 Å². The van der Waals surface area contributed by atoms with Crippen LogP contribution < -0.4 is 5.14 Å². The van der Waals surface area contributed by atoms with Crippen LogP contribution in [0.25, 0.3) is 0 Å². The maximum atomic E-state index is 12.8. The molecule has 0 spiro atoms. The van der Waals surface area contributed by atoms with Crippen molar-refractivity contribution in [1.29, 1.82) is 0 Å². The Kier molecular flexibility index (Phi) is 6.24. The molecule has 2 N–H and O–H groups in total. The van der Waals surface area contributed by atoms with E-state index < -0.39 is 10.0 Å². The van der Waals surface area contributed by atoms with Gasteiger partial charge in [0.15, 0.2) is 5.78 Å². The molecule has 6 nitrogen and oxygen atoms in total. The second kappa shape index (κ2) is 8.84. The van der Waals surface area contributed by atoms with E-state index in [1.807, 2.05) is 6.08 Å². The second-order valence-electron chi connectivity index (χ2n) is 11.8. The molecule has 1 aromatic rings. The Labute approximate surface area is 208 Å². The van der Waals surface area contributed by atoms with Crippen molar-refractivity contribution < 1.29 is 22.7 Å². The Hall–Kier alpha value is -1.99. The van der Waals surface area contributed by atoms with E-state index in [0.717, 1.165) is 50.5 Å². The predicted molar refractivity (Wildman–Crippen MR) is 133 cm³/mol. The highest BCUT2D eigenvalue weighted by Gasteiger charge is 2.59. The van der Waals surface area contributed by atoms with Crippen LogP contribution in [0.5, 0.6) is 0 Å². The molecule has 0 saturated heterocycles. The van der Waals surface area contributed by atoms with E-state index in [0.29, 0.717) is 36.4 Å². The summed E-state index contributed by atoms with van der Waals surface area (Å²) in [5.74, 6) is 1.96. The van der Waals surface area contributed by atoms with Crippen LogP contribution in [0, 0.1) is 28.6 Å². The van der Waals surface area contributed by atoms with Gasteiger partial charge in [-0.05, 0) is 98.3 Å². The number of ketones is 1. The van der Waals surface area contributed by atoms with E-state index in [4.69, 9.17) is 9.88 Å². The predicted octanol–water partition coefficient (Wildman–Crippen LogP) is 4.71. The monoisotopic (exact) mass is 499 g/mol. The molecule has 0 aliphatic heterocycles. The standard InChI is InChI=1S/C28H37NO5S/c1-27-15-13-20(30)17-19(27)6-9-22-23-10-11-25(28(23,2)16-14-24(22)27)34-26(31)12-5-18-3-7-21(8-4-18)35(29,32)33/h3-4,7-8,17,22-25H,5-6,9-16H2,1-2H3,(H2,29,32,33)/t22-,23-,24+,25?,27-,28-/m0/s1. The van der Waals surface area contributed by atoms with E-state index in [-0.39, 0.29) is 34.2 Å². The zero-order valence-electron chi connectivity index (χ0n) is 20.8. The van der Waals surface area contributed by atoms with Crippen LogP contribution in [0.3, 0.4) is 0 Å². The largest absolute Gasteiger partial charge is 0.462 e. The third-order valence-electron chi connectivity index (χ3n) is 10.0. The van der Waals surface area contributed by atoms with Gasteiger partial charge in [0, 0.05) is 18.3 Å². The van der Waals surface area contributed by atoms with Crippen LogP contribution in [-0.2, 0) is 30.8 Å². The number of aryl methyl sites for hydroxylation is 1. The number of hydrogen-bond acceptors (Lipinski definition) is 5. The maximum Gasteiger partial charge on any atom is 0.306 e. The third-order valence-corrected chi connectivity index (χ3v) is 10.9. The summed E-state index contributed by atoms with van der Waals surface area (Å²) in [6.45, 7) is 4.73. The summed E-state index contributed by atoms with van der Waals surface area (Å²) in [4.78, 5) is 24.9. The Bertz CT molecular complexity index is 1160. The summed E-state index contributed by atoms with van der Waals surface area (Å²) >= 11 is 0. The van der Waals surface area contributed by atoms with E-state index >= 15 is 0 Å². The fourth-order valence-electron chi connectivity index (χ4n) is 8.01. The zero-order chi connectivity index (χ0) is 25.0. The first-order chi connectivity index (χ1) is 16.5. The smallest absolute Gasteiger partial charge is 0.306 e. The highest BCUT2D eigenvalue weighted by atomic mass is 32.2. The molecule has 35 heavy (non-hydrogen) atoms. The minimum Gasteiger partial charge on any atom is -0.462 e. The number of allylic oxidation sites excluding steroid dienone is 1. The molecule has 3 fully saturated rings. The Morgan fingerprint density at radius 1 is 1.03 bits per heavy atom. The molecule has 1 unspecified atom stereocenters. The molecule has 3 saturated carbocycles. The molecular formula is C28H37NO5S. The van der Waals surface area contributed by atoms with Gasteiger partial charge in [-0.1, -0.05) is 31.6 Å². The lowest BCUT2D eigenvalue weighted by Gasteiger charge is -2.57. The van der Waals surface area contributed by atoms with Crippen molar-refractivity contribution in [1.82, 2.24) is 0 Å². The lowest BCUT2D eigenvalue weighted by Crippen LogP contribution is -2.51. The number of esters is 1. The lowest BCUT2D eigenvalue weighted by molar-refractivity contribution is -0.159. The molecule has 0 amide bonds. The van der Waals surface area contributed by atoms with Crippen molar-refractivity contribution in [2.45, 2.75) is 89.1 Å².